The van der Waals surface area contributed by atoms with Crippen LogP contribution in [0.15, 0.2) is 41.5 Å². The molecule has 0 aliphatic heterocycles. The zero-order valence-electron chi connectivity index (χ0n) is 14.4. The first-order chi connectivity index (χ1) is 11.5. The molecular weight excluding hydrogens is 310 g/mol. The van der Waals surface area contributed by atoms with Crippen molar-refractivity contribution in [3.63, 3.8) is 0 Å². The Labute approximate surface area is 141 Å². The molecule has 1 aromatic heterocycles. The summed E-state index contributed by atoms with van der Waals surface area (Å²) in [6.45, 7) is 3.73. The molecule has 24 heavy (non-hydrogen) atoms. The Kier molecular flexibility index (Phi) is 6.35. The summed E-state index contributed by atoms with van der Waals surface area (Å²) in [6.07, 6.45) is 2.22. The lowest BCUT2D eigenvalue weighted by Gasteiger charge is -2.22. The predicted octanol–water partition coefficient (Wildman–Crippen LogP) is 2.94. The van der Waals surface area contributed by atoms with Crippen molar-refractivity contribution in [2.45, 2.75) is 19.9 Å². The highest BCUT2D eigenvalue weighted by Crippen LogP contribution is 2.12. The highest BCUT2D eigenvalue weighted by Gasteiger charge is 2.10. The molecule has 4 nitrogen and oxygen atoms in total. The lowest BCUT2D eigenvalue weighted by atomic mass is 10.1. The molecule has 2 aromatic rings. The molecule has 1 N–H and O–H groups in total. The molecule has 2 rings (SSSR count). The molecule has 0 aliphatic carbocycles. The lowest BCUT2D eigenvalue weighted by Crippen LogP contribution is -2.39. The minimum atomic E-state index is -0.521. The molecule has 0 spiro atoms. The van der Waals surface area contributed by atoms with E-state index in [1.165, 1.54) is 18.2 Å². The van der Waals surface area contributed by atoms with Crippen LogP contribution >= 0.6 is 0 Å². The summed E-state index contributed by atoms with van der Waals surface area (Å²) >= 11 is 0. The van der Waals surface area contributed by atoms with E-state index in [4.69, 9.17) is 0 Å². The van der Waals surface area contributed by atoms with E-state index in [0.29, 0.717) is 13.1 Å². The maximum absolute atomic E-state index is 13.7. The second kappa shape index (κ2) is 8.47. The van der Waals surface area contributed by atoms with E-state index in [0.717, 1.165) is 18.2 Å². The number of hydrogen-bond acceptors (Lipinski definition) is 1. The van der Waals surface area contributed by atoms with E-state index in [1.807, 2.05) is 38.2 Å². The van der Waals surface area contributed by atoms with Gasteiger partial charge in [-0.2, -0.15) is 0 Å². The first kappa shape index (κ1) is 18.0. The number of aromatic nitrogens is 1. The fourth-order valence-corrected chi connectivity index (χ4v) is 2.49. The number of nitrogens with zero attached hydrogens (tertiary/aromatic N) is 3. The number of rotatable bonds is 6. The largest absolute Gasteiger partial charge is 0.357 e. The van der Waals surface area contributed by atoms with Gasteiger partial charge in [0.1, 0.15) is 11.6 Å². The van der Waals surface area contributed by atoms with Crippen LogP contribution in [-0.4, -0.2) is 35.6 Å². The molecule has 1 heterocycles. The Bertz CT molecular complexity index is 674. The average Bonchev–Trinajstić information content (AvgIpc) is 2.94. The molecule has 0 saturated carbocycles. The van der Waals surface area contributed by atoms with Gasteiger partial charge in [0.15, 0.2) is 5.96 Å². The van der Waals surface area contributed by atoms with E-state index in [1.54, 1.807) is 0 Å². The zero-order chi connectivity index (χ0) is 17.5. The van der Waals surface area contributed by atoms with Gasteiger partial charge in [0.05, 0.1) is 6.54 Å². The zero-order valence-corrected chi connectivity index (χ0v) is 14.4. The van der Waals surface area contributed by atoms with Gasteiger partial charge in [0.25, 0.3) is 0 Å². The van der Waals surface area contributed by atoms with Crippen LogP contribution in [0.3, 0.4) is 0 Å². The van der Waals surface area contributed by atoms with Gasteiger partial charge in [-0.05, 0) is 37.6 Å². The predicted molar refractivity (Wildman–Crippen MR) is 92.9 cm³/mol. The third-order valence-corrected chi connectivity index (χ3v) is 3.83. The number of hydrogen-bond donors (Lipinski definition) is 1. The van der Waals surface area contributed by atoms with Crippen molar-refractivity contribution in [1.82, 2.24) is 14.8 Å². The molecule has 0 radical (unpaired) electrons. The first-order valence-electron chi connectivity index (χ1n) is 8.05. The summed E-state index contributed by atoms with van der Waals surface area (Å²) in [7, 11) is 3.94. The van der Waals surface area contributed by atoms with Crippen molar-refractivity contribution in [1.29, 1.82) is 0 Å². The van der Waals surface area contributed by atoms with Crippen molar-refractivity contribution in [2.75, 3.05) is 20.1 Å². The normalized spacial score (nSPS) is 11.6. The number of aliphatic imine (C=N–C) groups is 1. The summed E-state index contributed by atoms with van der Waals surface area (Å²) in [6, 6.07) is 7.96. The van der Waals surface area contributed by atoms with Crippen LogP contribution in [0.5, 0.6) is 0 Å². The van der Waals surface area contributed by atoms with Crippen molar-refractivity contribution in [3.05, 3.63) is 59.4 Å². The molecule has 0 unspecified atom stereocenters. The van der Waals surface area contributed by atoms with E-state index >= 15 is 0 Å². The summed E-state index contributed by atoms with van der Waals surface area (Å²) in [5.41, 5.74) is 1.24. The second-order valence-corrected chi connectivity index (χ2v) is 5.65. The smallest absolute Gasteiger partial charge is 0.194 e. The van der Waals surface area contributed by atoms with Crippen LogP contribution in [0.25, 0.3) is 0 Å². The second-order valence-electron chi connectivity index (χ2n) is 5.65. The Balaban J connectivity index is 2.03. The molecule has 130 valence electrons. The molecule has 0 bridgehead atoms. The van der Waals surface area contributed by atoms with Gasteiger partial charge < -0.3 is 14.8 Å². The van der Waals surface area contributed by atoms with Crippen LogP contribution in [-0.2, 0) is 20.0 Å². The number of halogens is 2. The number of benzene rings is 1. The molecule has 0 fully saturated rings. The molecule has 0 aliphatic rings. The fraction of sp³-hybridized carbons (Fsp3) is 0.389. The number of nitrogens with one attached hydrogen (secondary N) is 1. The summed E-state index contributed by atoms with van der Waals surface area (Å²) < 4.78 is 29.4. The van der Waals surface area contributed by atoms with Crippen LogP contribution in [0.1, 0.15) is 18.2 Å². The monoisotopic (exact) mass is 334 g/mol. The van der Waals surface area contributed by atoms with Crippen molar-refractivity contribution < 1.29 is 8.78 Å². The van der Waals surface area contributed by atoms with Gasteiger partial charge in [-0.1, -0.05) is 6.07 Å². The third-order valence-electron chi connectivity index (χ3n) is 3.83. The Morgan fingerprint density at radius 2 is 1.92 bits per heavy atom. The van der Waals surface area contributed by atoms with Gasteiger partial charge >= 0.3 is 0 Å². The van der Waals surface area contributed by atoms with Crippen molar-refractivity contribution in [3.8, 4) is 0 Å². The lowest BCUT2D eigenvalue weighted by molar-refractivity contribution is 0.461. The molecular formula is C18H24F2N4. The maximum Gasteiger partial charge on any atom is 0.194 e. The Morgan fingerprint density at radius 3 is 2.50 bits per heavy atom. The molecule has 1 aromatic carbocycles. The quantitative estimate of drug-likeness (QED) is 0.651. The summed E-state index contributed by atoms with van der Waals surface area (Å²) in [5, 5.41) is 3.21. The van der Waals surface area contributed by atoms with E-state index in [9.17, 15) is 8.78 Å². The minimum absolute atomic E-state index is 0.0854. The van der Waals surface area contributed by atoms with Crippen LogP contribution in [0.2, 0.25) is 0 Å². The van der Waals surface area contributed by atoms with E-state index in [-0.39, 0.29) is 12.0 Å². The molecule has 0 saturated heterocycles. The SMILES string of the molecule is CCNC(=NCCc1c(F)cccc1F)N(C)Cc1cccn1C. The molecule has 6 heteroatoms. The standard InChI is InChI=1S/C18H24F2N4/c1-4-21-18(24(3)13-14-7-6-12-23(14)2)22-11-10-15-16(19)8-5-9-17(15)20/h5-9,12H,4,10-11,13H2,1-3H3,(H,21,22). The fourth-order valence-electron chi connectivity index (χ4n) is 2.49. The first-order valence-corrected chi connectivity index (χ1v) is 8.05. The summed E-state index contributed by atoms with van der Waals surface area (Å²) in [5.74, 6) is -0.324. The maximum atomic E-state index is 13.7. The van der Waals surface area contributed by atoms with Gasteiger partial charge in [0.2, 0.25) is 0 Å². The van der Waals surface area contributed by atoms with Gasteiger partial charge in [-0.25, -0.2) is 8.78 Å². The van der Waals surface area contributed by atoms with Crippen molar-refractivity contribution >= 4 is 5.96 Å². The van der Waals surface area contributed by atoms with Crippen LogP contribution in [0.4, 0.5) is 8.78 Å². The molecule has 0 amide bonds. The number of aryl methyl sites for hydroxylation is 1. The highest BCUT2D eigenvalue weighted by molar-refractivity contribution is 5.79. The highest BCUT2D eigenvalue weighted by atomic mass is 19.1. The van der Waals surface area contributed by atoms with Gasteiger partial charge in [-0.15, -0.1) is 0 Å². The van der Waals surface area contributed by atoms with E-state index in [2.05, 4.69) is 20.9 Å². The van der Waals surface area contributed by atoms with E-state index < -0.39 is 11.6 Å². The van der Waals surface area contributed by atoms with Gasteiger partial charge in [0, 0.05) is 44.6 Å². The average molecular weight is 334 g/mol. The van der Waals surface area contributed by atoms with Gasteiger partial charge in [-0.3, -0.25) is 4.99 Å². The topological polar surface area (TPSA) is 32.6 Å². The van der Waals surface area contributed by atoms with Crippen molar-refractivity contribution in [2.24, 2.45) is 12.0 Å². The van der Waals surface area contributed by atoms with Crippen LogP contribution < -0.4 is 5.32 Å². The molecule has 0 atom stereocenters. The minimum Gasteiger partial charge on any atom is -0.357 e. The van der Waals surface area contributed by atoms with Crippen LogP contribution in [0, 0.1) is 11.6 Å². The Hall–Kier alpha value is -2.37. The Morgan fingerprint density at radius 1 is 1.21 bits per heavy atom. The number of guanidine groups is 1. The third kappa shape index (κ3) is 4.57. The summed E-state index contributed by atoms with van der Waals surface area (Å²) in [4.78, 5) is 6.49.